The second-order valence-corrected chi connectivity index (χ2v) is 4.70. The Morgan fingerprint density at radius 3 is 2.24 bits per heavy atom. The minimum atomic E-state index is -5.78. The molecule has 1 aliphatic rings. The molecule has 1 heterocycles. The summed E-state index contributed by atoms with van der Waals surface area (Å²) in [6, 6.07) is 7.49. The fourth-order valence-electron chi connectivity index (χ4n) is 2.03. The van der Waals surface area contributed by atoms with E-state index in [1.807, 2.05) is 0 Å². The van der Waals surface area contributed by atoms with Crippen LogP contribution in [0.25, 0.3) is 0 Å². The van der Waals surface area contributed by atoms with Crippen LogP contribution < -0.4 is 5.01 Å². The zero-order chi connectivity index (χ0) is 15.8. The van der Waals surface area contributed by atoms with E-state index in [4.69, 9.17) is 0 Å². The van der Waals surface area contributed by atoms with Gasteiger partial charge in [0.2, 0.25) is 0 Å². The molecule has 0 spiro atoms. The topological polar surface area (TPSA) is 32.7 Å². The Kier molecular flexibility index (Phi) is 3.73. The summed E-state index contributed by atoms with van der Waals surface area (Å²) in [4.78, 5) is 12.0. The van der Waals surface area contributed by atoms with Gasteiger partial charge in [0, 0.05) is 12.1 Å². The minimum absolute atomic E-state index is 0.0346. The van der Waals surface area contributed by atoms with Crippen LogP contribution in [0.5, 0.6) is 0 Å². The fourth-order valence-corrected chi connectivity index (χ4v) is 2.03. The summed E-state index contributed by atoms with van der Waals surface area (Å²) < 4.78 is 64.5. The molecule has 1 aromatic carbocycles. The number of para-hydroxylation sites is 1. The van der Waals surface area contributed by atoms with Crippen molar-refractivity contribution in [1.82, 2.24) is 0 Å². The van der Waals surface area contributed by atoms with Crippen LogP contribution in [0.1, 0.15) is 13.3 Å². The molecule has 1 aromatic rings. The summed E-state index contributed by atoms with van der Waals surface area (Å²) in [7, 11) is 0. The number of rotatable bonds is 2. The largest absolute Gasteiger partial charge is 0.454 e. The van der Waals surface area contributed by atoms with Crippen LogP contribution in [0.15, 0.2) is 35.4 Å². The van der Waals surface area contributed by atoms with Crippen LogP contribution in [0, 0.1) is 5.92 Å². The lowest BCUT2D eigenvalue weighted by molar-refractivity contribution is -0.297. The Morgan fingerprint density at radius 1 is 1.14 bits per heavy atom. The predicted molar refractivity (Wildman–Crippen MR) is 66.1 cm³/mol. The molecule has 1 aliphatic heterocycles. The molecule has 1 atom stereocenters. The second-order valence-electron chi connectivity index (χ2n) is 4.70. The number of halogens is 5. The molecule has 1 unspecified atom stereocenters. The quantitative estimate of drug-likeness (QED) is 0.768. The van der Waals surface area contributed by atoms with Gasteiger partial charge in [-0.25, -0.2) is 5.01 Å². The van der Waals surface area contributed by atoms with Crippen molar-refractivity contribution in [2.24, 2.45) is 11.0 Å². The lowest BCUT2D eigenvalue weighted by atomic mass is 9.92. The maximum Gasteiger partial charge on any atom is 0.454 e. The monoisotopic (exact) mass is 306 g/mol. The molecule has 114 valence electrons. The molecule has 3 nitrogen and oxygen atoms in total. The summed E-state index contributed by atoms with van der Waals surface area (Å²) >= 11 is 0. The third-order valence-electron chi connectivity index (χ3n) is 3.09. The number of amides is 1. The van der Waals surface area contributed by atoms with Crippen molar-refractivity contribution in [1.29, 1.82) is 0 Å². The molecule has 0 saturated heterocycles. The first-order valence-electron chi connectivity index (χ1n) is 6.02. The molecule has 0 saturated carbocycles. The van der Waals surface area contributed by atoms with Crippen LogP contribution in [0.2, 0.25) is 0 Å². The van der Waals surface area contributed by atoms with Crippen molar-refractivity contribution in [2.45, 2.75) is 25.4 Å². The van der Waals surface area contributed by atoms with Gasteiger partial charge < -0.3 is 0 Å². The molecule has 0 radical (unpaired) electrons. The van der Waals surface area contributed by atoms with Crippen molar-refractivity contribution in [3.63, 3.8) is 0 Å². The second kappa shape index (κ2) is 5.09. The maximum atomic E-state index is 13.5. The lowest BCUT2D eigenvalue weighted by Crippen LogP contribution is -2.53. The molecule has 1 amide bonds. The van der Waals surface area contributed by atoms with E-state index >= 15 is 0 Å². The van der Waals surface area contributed by atoms with E-state index in [0.717, 1.165) is 0 Å². The number of carbonyl (C=O) groups is 1. The molecular weight excluding hydrogens is 295 g/mol. The van der Waals surface area contributed by atoms with E-state index in [-0.39, 0.29) is 11.4 Å². The number of hydrogen-bond acceptors (Lipinski definition) is 2. The molecular formula is C13H11F5N2O. The molecule has 0 aromatic heterocycles. The summed E-state index contributed by atoms with van der Waals surface area (Å²) in [5.74, 6) is -8.97. The van der Waals surface area contributed by atoms with Crippen molar-refractivity contribution >= 4 is 17.3 Å². The van der Waals surface area contributed by atoms with E-state index in [9.17, 15) is 26.7 Å². The number of nitrogens with zero attached hydrogens (tertiary/aromatic N) is 2. The zero-order valence-corrected chi connectivity index (χ0v) is 10.9. The SMILES string of the molecule is CC1=NN(c2ccccc2)C(=O)C(C(F)(F)C(F)(F)F)C1. The number of benzene rings is 1. The summed E-state index contributed by atoms with van der Waals surface area (Å²) in [5.41, 5.74) is 0.178. The number of alkyl halides is 5. The Balaban J connectivity index is 2.41. The summed E-state index contributed by atoms with van der Waals surface area (Å²) in [6.45, 7) is 1.31. The molecule has 8 heteroatoms. The van der Waals surface area contributed by atoms with Gasteiger partial charge in [0.15, 0.2) is 0 Å². The maximum absolute atomic E-state index is 13.5. The third kappa shape index (κ3) is 2.74. The highest BCUT2D eigenvalue weighted by Gasteiger charge is 2.65. The normalized spacial score (nSPS) is 20.5. The van der Waals surface area contributed by atoms with E-state index in [1.165, 1.54) is 31.2 Å². The lowest BCUT2D eigenvalue weighted by Gasteiger charge is -2.33. The molecule has 2 rings (SSSR count). The van der Waals surface area contributed by atoms with E-state index in [1.54, 1.807) is 6.07 Å². The highest BCUT2D eigenvalue weighted by molar-refractivity contribution is 6.03. The van der Waals surface area contributed by atoms with Gasteiger partial charge in [-0.1, -0.05) is 18.2 Å². The average molecular weight is 306 g/mol. The van der Waals surface area contributed by atoms with E-state index < -0.39 is 30.3 Å². The van der Waals surface area contributed by atoms with Crippen LogP contribution in [0.3, 0.4) is 0 Å². The first-order chi connectivity index (χ1) is 9.64. The first-order valence-corrected chi connectivity index (χ1v) is 6.02. The Bertz CT molecular complexity index is 568. The van der Waals surface area contributed by atoms with Crippen LogP contribution in [-0.4, -0.2) is 23.7 Å². The molecule has 21 heavy (non-hydrogen) atoms. The Labute approximate surface area is 117 Å². The molecule has 0 bridgehead atoms. The van der Waals surface area contributed by atoms with Gasteiger partial charge in [-0.15, -0.1) is 0 Å². The number of hydrogen-bond donors (Lipinski definition) is 0. The number of carbonyl (C=O) groups excluding carboxylic acids is 1. The van der Waals surface area contributed by atoms with Gasteiger partial charge >= 0.3 is 12.1 Å². The fraction of sp³-hybridized carbons (Fsp3) is 0.385. The minimum Gasteiger partial charge on any atom is -0.272 e. The van der Waals surface area contributed by atoms with E-state index in [0.29, 0.717) is 5.01 Å². The van der Waals surface area contributed by atoms with Crippen molar-refractivity contribution in [3.05, 3.63) is 30.3 Å². The number of hydrazone groups is 1. The van der Waals surface area contributed by atoms with Gasteiger partial charge in [-0.2, -0.15) is 27.1 Å². The Hall–Kier alpha value is -1.99. The van der Waals surface area contributed by atoms with Crippen molar-refractivity contribution < 1.29 is 26.7 Å². The van der Waals surface area contributed by atoms with Gasteiger partial charge in [0.05, 0.1) is 5.69 Å². The number of anilines is 1. The highest BCUT2D eigenvalue weighted by atomic mass is 19.4. The van der Waals surface area contributed by atoms with Gasteiger partial charge in [-0.3, -0.25) is 4.79 Å². The smallest absolute Gasteiger partial charge is 0.272 e. The predicted octanol–water partition coefficient (Wildman–Crippen LogP) is 3.61. The molecule has 0 N–H and O–H groups in total. The van der Waals surface area contributed by atoms with Crippen molar-refractivity contribution in [3.8, 4) is 0 Å². The zero-order valence-electron chi connectivity index (χ0n) is 10.9. The van der Waals surface area contributed by atoms with Crippen LogP contribution in [-0.2, 0) is 4.79 Å². The molecule has 0 aliphatic carbocycles. The van der Waals surface area contributed by atoms with Gasteiger partial charge in [0.25, 0.3) is 5.91 Å². The van der Waals surface area contributed by atoms with Gasteiger partial charge in [-0.05, 0) is 19.1 Å². The summed E-state index contributed by atoms with van der Waals surface area (Å²) in [6.07, 6.45) is -6.51. The standard InChI is InChI=1S/C13H11F5N2O/c1-8-7-10(12(14,15)13(16,17)18)11(21)20(19-8)9-5-3-2-4-6-9/h2-6,10H,7H2,1H3. The third-order valence-corrected chi connectivity index (χ3v) is 3.09. The van der Waals surface area contributed by atoms with Gasteiger partial charge in [0.1, 0.15) is 5.92 Å². The highest BCUT2D eigenvalue weighted by Crippen LogP contribution is 2.44. The first kappa shape index (κ1) is 15.4. The average Bonchev–Trinajstić information content (AvgIpc) is 2.40. The van der Waals surface area contributed by atoms with E-state index in [2.05, 4.69) is 5.10 Å². The summed E-state index contributed by atoms with van der Waals surface area (Å²) in [5, 5.41) is 4.38. The molecule has 0 fully saturated rings. The Morgan fingerprint density at radius 2 is 1.71 bits per heavy atom. The van der Waals surface area contributed by atoms with Crippen LogP contribution >= 0.6 is 0 Å². The van der Waals surface area contributed by atoms with Crippen LogP contribution in [0.4, 0.5) is 27.6 Å². The van der Waals surface area contributed by atoms with Crippen molar-refractivity contribution in [2.75, 3.05) is 5.01 Å².